The van der Waals surface area contributed by atoms with Crippen molar-refractivity contribution in [2.45, 2.75) is 25.5 Å². The summed E-state index contributed by atoms with van der Waals surface area (Å²) in [6.07, 6.45) is 1.98. The number of fused-ring (bicyclic) bond motifs is 1. The van der Waals surface area contributed by atoms with Crippen LogP contribution in [0.1, 0.15) is 18.2 Å². The number of aliphatic hydroxyl groups is 1. The smallest absolute Gasteiger partial charge is 0.138 e. The number of hydrogen-bond acceptors (Lipinski definition) is 5. The molecular weight excluding hydrogens is 457 g/mol. The lowest BCUT2D eigenvalue weighted by Crippen LogP contribution is -2.39. The van der Waals surface area contributed by atoms with Crippen LogP contribution in [-0.2, 0) is 6.42 Å². The molecule has 2 aromatic carbocycles. The van der Waals surface area contributed by atoms with E-state index < -0.39 is 6.10 Å². The molecule has 1 N–H and O–H groups in total. The molecule has 1 aromatic heterocycles. The molecule has 1 heterocycles. The Balaban J connectivity index is 0.00000240. The maximum absolute atomic E-state index is 10.4. The van der Waals surface area contributed by atoms with E-state index in [4.69, 9.17) is 16.3 Å². The van der Waals surface area contributed by atoms with Crippen LogP contribution in [0.5, 0.6) is 5.75 Å². The second-order valence-corrected chi connectivity index (χ2v) is 7.61. The third-order valence-corrected chi connectivity index (χ3v) is 5.28. The van der Waals surface area contributed by atoms with Crippen molar-refractivity contribution in [3.05, 3.63) is 71.0 Å². The van der Waals surface area contributed by atoms with E-state index in [1.807, 2.05) is 31.4 Å². The monoisotopic (exact) mass is 481 g/mol. The molecule has 1 unspecified atom stereocenters. The van der Waals surface area contributed by atoms with E-state index in [0.29, 0.717) is 17.3 Å². The first-order valence-electron chi connectivity index (χ1n) is 9.51. The zero-order chi connectivity index (χ0) is 20.8. The van der Waals surface area contributed by atoms with Gasteiger partial charge in [-0.1, -0.05) is 41.9 Å². The lowest BCUT2D eigenvalue weighted by molar-refractivity contribution is 0.0652. The summed E-state index contributed by atoms with van der Waals surface area (Å²) in [6, 6.07) is 17.5. The van der Waals surface area contributed by atoms with Crippen molar-refractivity contribution < 1.29 is 9.84 Å². The van der Waals surface area contributed by atoms with Crippen molar-refractivity contribution in [2.75, 3.05) is 20.2 Å². The van der Waals surface area contributed by atoms with Crippen LogP contribution in [0.2, 0.25) is 5.02 Å². The maximum atomic E-state index is 10.4. The number of aromatic nitrogens is 1. The van der Waals surface area contributed by atoms with Crippen molar-refractivity contribution in [1.82, 2.24) is 9.88 Å². The molecule has 0 saturated carbocycles. The average Bonchev–Trinajstić information content (AvgIpc) is 2.72. The van der Waals surface area contributed by atoms with Gasteiger partial charge in [-0.3, -0.25) is 4.98 Å². The molecule has 3 aromatic rings. The van der Waals surface area contributed by atoms with Gasteiger partial charge in [0.1, 0.15) is 30.1 Å². The fourth-order valence-corrected chi connectivity index (χ4v) is 3.39. The molecule has 5 nitrogen and oxygen atoms in total. The van der Waals surface area contributed by atoms with Crippen LogP contribution >= 0.6 is 36.4 Å². The highest BCUT2D eigenvalue weighted by molar-refractivity contribution is 6.31. The Kier molecular flexibility index (Phi) is 11.1. The first-order valence-corrected chi connectivity index (χ1v) is 9.89. The van der Waals surface area contributed by atoms with Gasteiger partial charge in [-0.2, -0.15) is 5.26 Å². The van der Waals surface area contributed by atoms with Crippen LogP contribution in [-0.4, -0.2) is 47.3 Å². The van der Waals surface area contributed by atoms with Crippen LogP contribution in [0.25, 0.3) is 10.8 Å². The average molecular weight is 483 g/mol. The van der Waals surface area contributed by atoms with Gasteiger partial charge in [0.2, 0.25) is 0 Å². The van der Waals surface area contributed by atoms with Gasteiger partial charge in [0.05, 0.1) is 5.02 Å². The molecule has 31 heavy (non-hydrogen) atoms. The van der Waals surface area contributed by atoms with Crippen LogP contribution in [0.15, 0.2) is 54.7 Å². The number of ether oxygens (including phenoxy) is 1. The highest BCUT2D eigenvalue weighted by Gasteiger charge is 2.17. The third-order valence-electron chi connectivity index (χ3n) is 4.96. The molecule has 0 saturated heterocycles. The van der Waals surface area contributed by atoms with Crippen molar-refractivity contribution in [1.29, 1.82) is 5.26 Å². The van der Waals surface area contributed by atoms with Gasteiger partial charge >= 0.3 is 0 Å². The SMILES string of the molecule is CC(Cc1cc2ccccc2cn1)N(C)C[C@@H](O)COc1cccc(Cl)c1C#N.Cl.Cl. The van der Waals surface area contributed by atoms with Crippen molar-refractivity contribution in [3.8, 4) is 11.8 Å². The van der Waals surface area contributed by atoms with E-state index in [-0.39, 0.29) is 43.0 Å². The molecule has 0 aliphatic rings. The number of nitriles is 1. The van der Waals surface area contributed by atoms with Crippen molar-refractivity contribution in [2.24, 2.45) is 0 Å². The number of hydrogen-bond donors (Lipinski definition) is 1. The van der Waals surface area contributed by atoms with Gasteiger partial charge in [0.25, 0.3) is 0 Å². The highest BCUT2D eigenvalue weighted by atomic mass is 35.5. The zero-order valence-electron chi connectivity index (χ0n) is 17.4. The lowest BCUT2D eigenvalue weighted by Gasteiger charge is -2.27. The number of aliphatic hydroxyl groups excluding tert-OH is 1. The normalized spacial score (nSPS) is 12.4. The van der Waals surface area contributed by atoms with Crippen LogP contribution in [0, 0.1) is 11.3 Å². The van der Waals surface area contributed by atoms with Gasteiger partial charge in [0, 0.05) is 36.3 Å². The minimum atomic E-state index is -0.697. The largest absolute Gasteiger partial charge is 0.489 e. The highest BCUT2D eigenvalue weighted by Crippen LogP contribution is 2.25. The molecular formula is C23H26Cl3N3O2. The van der Waals surface area contributed by atoms with E-state index in [1.165, 1.54) is 5.39 Å². The van der Waals surface area contributed by atoms with Crippen molar-refractivity contribution >= 4 is 47.2 Å². The summed E-state index contributed by atoms with van der Waals surface area (Å²) in [5.41, 5.74) is 1.30. The molecule has 0 spiro atoms. The van der Waals surface area contributed by atoms with Crippen LogP contribution in [0.4, 0.5) is 0 Å². The Morgan fingerprint density at radius 1 is 1.16 bits per heavy atom. The van der Waals surface area contributed by atoms with E-state index in [9.17, 15) is 10.4 Å². The molecule has 0 aliphatic carbocycles. The Morgan fingerprint density at radius 3 is 2.58 bits per heavy atom. The number of pyridine rings is 1. The van der Waals surface area contributed by atoms with Gasteiger partial charge < -0.3 is 14.7 Å². The Hall–Kier alpha value is -2.07. The second kappa shape index (κ2) is 12.7. The van der Waals surface area contributed by atoms with Gasteiger partial charge in [-0.15, -0.1) is 24.8 Å². The summed E-state index contributed by atoms with van der Waals surface area (Å²) in [5, 5.41) is 22.2. The Bertz CT molecular complexity index is 1030. The summed E-state index contributed by atoms with van der Waals surface area (Å²) >= 11 is 6.00. The Labute approximate surface area is 200 Å². The molecule has 0 aliphatic heterocycles. The van der Waals surface area contributed by atoms with Crippen LogP contribution in [0.3, 0.4) is 0 Å². The molecule has 2 atom stereocenters. The zero-order valence-corrected chi connectivity index (χ0v) is 19.8. The predicted molar refractivity (Wildman–Crippen MR) is 130 cm³/mol. The van der Waals surface area contributed by atoms with Crippen molar-refractivity contribution in [3.63, 3.8) is 0 Å². The predicted octanol–water partition coefficient (Wildman–Crippen LogP) is 4.91. The minimum Gasteiger partial charge on any atom is -0.489 e. The molecule has 0 bridgehead atoms. The first-order chi connectivity index (χ1) is 14.0. The van der Waals surface area contributed by atoms with Gasteiger partial charge in [0.15, 0.2) is 0 Å². The van der Waals surface area contributed by atoms with E-state index in [1.54, 1.807) is 18.2 Å². The molecule has 166 valence electrons. The quantitative estimate of drug-likeness (QED) is 0.494. The minimum absolute atomic E-state index is 0. The summed E-state index contributed by atoms with van der Waals surface area (Å²) in [5.74, 6) is 0.384. The topological polar surface area (TPSA) is 69.4 Å². The Morgan fingerprint density at radius 2 is 1.87 bits per heavy atom. The number of halogens is 3. The fraction of sp³-hybridized carbons (Fsp3) is 0.304. The number of likely N-dealkylation sites (N-methyl/N-ethyl adjacent to an activating group) is 1. The molecule has 8 heteroatoms. The maximum Gasteiger partial charge on any atom is 0.138 e. The fourth-order valence-electron chi connectivity index (χ4n) is 3.18. The summed E-state index contributed by atoms with van der Waals surface area (Å²) in [6.45, 7) is 2.63. The number of rotatable bonds is 8. The van der Waals surface area contributed by atoms with E-state index in [2.05, 4.69) is 35.0 Å². The summed E-state index contributed by atoms with van der Waals surface area (Å²) in [4.78, 5) is 6.63. The second-order valence-electron chi connectivity index (χ2n) is 7.21. The summed E-state index contributed by atoms with van der Waals surface area (Å²) < 4.78 is 5.62. The number of nitrogens with zero attached hydrogens (tertiary/aromatic N) is 3. The van der Waals surface area contributed by atoms with Gasteiger partial charge in [-0.05, 0) is 37.6 Å². The first kappa shape index (κ1) is 27.0. The molecule has 0 radical (unpaired) electrons. The van der Waals surface area contributed by atoms with E-state index >= 15 is 0 Å². The van der Waals surface area contributed by atoms with E-state index in [0.717, 1.165) is 17.5 Å². The van der Waals surface area contributed by atoms with Crippen LogP contribution < -0.4 is 4.74 Å². The third kappa shape index (κ3) is 7.24. The standard InChI is InChI=1S/C23H24ClN3O2.2ClH/c1-16(10-19-11-17-6-3-4-7-18(17)13-26-19)27(2)14-20(28)15-29-23-9-5-8-22(24)21(23)12-25;;/h3-9,11,13,16,20,28H,10,14-15H2,1-2H3;2*1H/t16?,20-;;/m1../s1. The summed E-state index contributed by atoms with van der Waals surface area (Å²) in [7, 11) is 1.97. The molecule has 0 amide bonds. The number of benzene rings is 2. The lowest BCUT2D eigenvalue weighted by atomic mass is 10.1. The molecule has 0 fully saturated rings. The van der Waals surface area contributed by atoms with Gasteiger partial charge in [-0.25, -0.2) is 0 Å². The molecule has 3 rings (SSSR count).